The minimum absolute atomic E-state index is 0.376. The van der Waals surface area contributed by atoms with E-state index >= 15 is 0 Å². The number of ether oxygens (including phenoxy) is 2. The van der Waals surface area contributed by atoms with E-state index < -0.39 is 32.6 Å². The van der Waals surface area contributed by atoms with E-state index in [2.05, 4.69) is 9.47 Å². The van der Waals surface area contributed by atoms with Gasteiger partial charge < -0.3 is 9.47 Å². The molecule has 0 fully saturated rings. The van der Waals surface area contributed by atoms with E-state index in [9.17, 15) is 17.2 Å². The summed E-state index contributed by atoms with van der Waals surface area (Å²) in [7, 11) is -2.37. The third kappa shape index (κ3) is 2.54. The summed E-state index contributed by atoms with van der Waals surface area (Å²) in [4.78, 5) is 0. The molecule has 0 radical (unpaired) electrons. The van der Waals surface area contributed by atoms with Gasteiger partial charge in [0.1, 0.15) is 5.25 Å². The van der Waals surface area contributed by atoms with E-state index in [1.165, 1.54) is 0 Å². The first-order valence-corrected chi connectivity index (χ1v) is 6.30. The van der Waals surface area contributed by atoms with Crippen LogP contribution in [-0.2, 0) is 10.1 Å². The quantitative estimate of drug-likeness (QED) is 0.854. The Bertz CT molecular complexity index is 528. The SMILES string of the molecule is COc1cc(OC)c(F)c(C(C)S(=O)(=O)O)c1F. The fourth-order valence-electron chi connectivity index (χ4n) is 1.41. The summed E-state index contributed by atoms with van der Waals surface area (Å²) in [6, 6.07) is 0.949. The van der Waals surface area contributed by atoms with Gasteiger partial charge in [0.15, 0.2) is 23.1 Å². The minimum atomic E-state index is -4.64. The van der Waals surface area contributed by atoms with E-state index in [1.54, 1.807) is 0 Å². The van der Waals surface area contributed by atoms with Gasteiger partial charge in [0.2, 0.25) is 0 Å². The second kappa shape index (κ2) is 5.07. The maximum absolute atomic E-state index is 13.8. The van der Waals surface area contributed by atoms with Crippen LogP contribution in [-0.4, -0.2) is 27.2 Å². The molecule has 5 nitrogen and oxygen atoms in total. The highest BCUT2D eigenvalue weighted by Crippen LogP contribution is 2.36. The van der Waals surface area contributed by atoms with Crippen LogP contribution in [0.25, 0.3) is 0 Å². The average molecular weight is 282 g/mol. The Morgan fingerprint density at radius 1 is 1.17 bits per heavy atom. The van der Waals surface area contributed by atoms with E-state index in [-0.39, 0.29) is 11.5 Å². The van der Waals surface area contributed by atoms with Gasteiger partial charge in [-0.2, -0.15) is 8.42 Å². The van der Waals surface area contributed by atoms with Gasteiger partial charge in [0, 0.05) is 6.07 Å². The highest BCUT2D eigenvalue weighted by atomic mass is 32.2. The smallest absolute Gasteiger partial charge is 0.271 e. The molecule has 0 amide bonds. The van der Waals surface area contributed by atoms with Gasteiger partial charge in [-0.25, -0.2) is 8.78 Å². The molecular weight excluding hydrogens is 270 g/mol. The number of hydrogen-bond donors (Lipinski definition) is 1. The zero-order valence-corrected chi connectivity index (χ0v) is 10.7. The zero-order chi connectivity index (χ0) is 14.1. The number of benzene rings is 1. The van der Waals surface area contributed by atoms with Crippen LogP contribution in [0.2, 0.25) is 0 Å². The van der Waals surface area contributed by atoms with Crippen molar-refractivity contribution in [3.63, 3.8) is 0 Å². The largest absolute Gasteiger partial charge is 0.494 e. The van der Waals surface area contributed by atoms with Crippen LogP contribution in [0.4, 0.5) is 8.78 Å². The normalized spacial score (nSPS) is 13.2. The molecule has 0 aromatic heterocycles. The Hall–Kier alpha value is -1.41. The van der Waals surface area contributed by atoms with Crippen molar-refractivity contribution < 1.29 is 31.2 Å². The fourth-order valence-corrected chi connectivity index (χ4v) is 1.92. The molecule has 0 aliphatic rings. The Labute approximate surface area is 103 Å². The molecule has 1 atom stereocenters. The monoisotopic (exact) mass is 282 g/mol. The van der Waals surface area contributed by atoms with Gasteiger partial charge in [-0.15, -0.1) is 0 Å². The predicted molar refractivity (Wildman–Crippen MR) is 59.4 cm³/mol. The number of hydrogen-bond acceptors (Lipinski definition) is 4. The highest BCUT2D eigenvalue weighted by Gasteiger charge is 2.30. The standard InChI is InChI=1S/C10H12F2O5S/c1-5(18(13,14)15)8-9(11)6(16-2)4-7(17-3)10(8)12/h4-5H,1-3H3,(H,13,14,15). The fraction of sp³-hybridized carbons (Fsp3) is 0.400. The summed E-state index contributed by atoms with van der Waals surface area (Å²) < 4.78 is 67.8. The Kier molecular flexibility index (Phi) is 4.12. The van der Waals surface area contributed by atoms with Crippen molar-refractivity contribution in [3.8, 4) is 11.5 Å². The molecule has 1 aromatic rings. The number of halogens is 2. The Morgan fingerprint density at radius 2 is 1.56 bits per heavy atom. The molecule has 0 saturated heterocycles. The van der Waals surface area contributed by atoms with Crippen LogP contribution in [0.3, 0.4) is 0 Å². The van der Waals surface area contributed by atoms with Crippen molar-refractivity contribution in [2.24, 2.45) is 0 Å². The first kappa shape index (κ1) is 14.7. The summed E-state index contributed by atoms with van der Waals surface area (Å²) in [5.74, 6) is -3.14. The van der Waals surface area contributed by atoms with Gasteiger partial charge in [0.25, 0.3) is 10.1 Å². The third-order valence-electron chi connectivity index (χ3n) is 2.46. The Morgan fingerprint density at radius 3 is 1.83 bits per heavy atom. The lowest BCUT2D eigenvalue weighted by Crippen LogP contribution is -2.13. The lowest BCUT2D eigenvalue weighted by atomic mass is 10.1. The van der Waals surface area contributed by atoms with Gasteiger partial charge in [-0.05, 0) is 6.92 Å². The van der Waals surface area contributed by atoms with Crippen LogP contribution >= 0.6 is 0 Å². The first-order chi connectivity index (χ1) is 8.23. The van der Waals surface area contributed by atoms with Crippen molar-refractivity contribution >= 4 is 10.1 Å². The van der Waals surface area contributed by atoms with Crippen LogP contribution in [0.1, 0.15) is 17.7 Å². The average Bonchev–Trinajstić information content (AvgIpc) is 2.28. The molecule has 0 aliphatic heterocycles. The topological polar surface area (TPSA) is 72.8 Å². The molecule has 0 spiro atoms. The summed E-state index contributed by atoms with van der Waals surface area (Å²) in [5.41, 5.74) is -0.825. The molecule has 0 bridgehead atoms. The predicted octanol–water partition coefficient (Wildman–Crippen LogP) is 1.93. The molecule has 1 rings (SSSR count). The van der Waals surface area contributed by atoms with Crippen LogP contribution in [0.15, 0.2) is 6.07 Å². The van der Waals surface area contributed by atoms with Crippen molar-refractivity contribution in [2.45, 2.75) is 12.2 Å². The highest BCUT2D eigenvalue weighted by molar-refractivity contribution is 7.86. The van der Waals surface area contributed by atoms with Crippen LogP contribution < -0.4 is 9.47 Å². The lowest BCUT2D eigenvalue weighted by Gasteiger charge is -2.15. The molecule has 1 N–H and O–H groups in total. The number of methoxy groups -OCH3 is 2. The molecule has 102 valence electrons. The van der Waals surface area contributed by atoms with E-state index in [0.717, 1.165) is 27.2 Å². The molecule has 1 aromatic carbocycles. The molecular formula is C10H12F2O5S. The minimum Gasteiger partial charge on any atom is -0.494 e. The van der Waals surface area contributed by atoms with Crippen molar-refractivity contribution in [3.05, 3.63) is 23.3 Å². The molecule has 1 unspecified atom stereocenters. The lowest BCUT2D eigenvalue weighted by molar-refractivity contribution is 0.352. The van der Waals surface area contributed by atoms with E-state index in [4.69, 9.17) is 4.55 Å². The van der Waals surface area contributed by atoms with E-state index in [0.29, 0.717) is 0 Å². The third-order valence-corrected chi connectivity index (χ3v) is 3.59. The molecule has 18 heavy (non-hydrogen) atoms. The molecule has 0 aliphatic carbocycles. The maximum atomic E-state index is 13.8. The second-order valence-electron chi connectivity index (χ2n) is 3.48. The van der Waals surface area contributed by atoms with Crippen LogP contribution in [0.5, 0.6) is 11.5 Å². The number of rotatable bonds is 4. The van der Waals surface area contributed by atoms with Gasteiger partial charge in [-0.1, -0.05) is 0 Å². The summed E-state index contributed by atoms with van der Waals surface area (Å²) in [6.45, 7) is 0.954. The molecule has 8 heteroatoms. The first-order valence-electron chi connectivity index (χ1n) is 4.80. The van der Waals surface area contributed by atoms with Gasteiger partial charge in [0.05, 0.1) is 19.8 Å². The maximum Gasteiger partial charge on any atom is 0.271 e. The summed E-state index contributed by atoms with van der Waals surface area (Å²) in [5, 5.41) is -1.78. The molecule has 0 saturated carbocycles. The Balaban J connectivity index is 3.60. The second-order valence-corrected chi connectivity index (χ2v) is 5.22. The van der Waals surface area contributed by atoms with Gasteiger partial charge >= 0.3 is 0 Å². The summed E-state index contributed by atoms with van der Waals surface area (Å²) >= 11 is 0. The summed E-state index contributed by atoms with van der Waals surface area (Å²) in [6.07, 6.45) is 0. The molecule has 0 heterocycles. The van der Waals surface area contributed by atoms with Crippen molar-refractivity contribution in [2.75, 3.05) is 14.2 Å². The van der Waals surface area contributed by atoms with Gasteiger partial charge in [-0.3, -0.25) is 4.55 Å². The van der Waals surface area contributed by atoms with Crippen molar-refractivity contribution in [1.29, 1.82) is 0 Å². The zero-order valence-electron chi connectivity index (χ0n) is 9.90. The van der Waals surface area contributed by atoms with Crippen LogP contribution in [0, 0.1) is 11.6 Å². The van der Waals surface area contributed by atoms with E-state index in [1.807, 2.05) is 0 Å². The van der Waals surface area contributed by atoms with Crippen molar-refractivity contribution in [1.82, 2.24) is 0 Å².